The largest absolute Gasteiger partial charge is 0.395 e. The smallest absolute Gasteiger partial charge is 0.0599 e. The van der Waals surface area contributed by atoms with Crippen LogP contribution in [-0.4, -0.2) is 54.3 Å². The molecule has 0 amide bonds. The molecule has 80 valence electrons. The number of hydrogen-bond acceptors (Lipinski definition) is 4. The zero-order valence-electron chi connectivity index (χ0n) is 8.86. The predicted molar refractivity (Wildman–Crippen MR) is 60.2 cm³/mol. The minimum Gasteiger partial charge on any atom is -0.395 e. The van der Waals surface area contributed by atoms with Gasteiger partial charge >= 0.3 is 0 Å². The van der Waals surface area contributed by atoms with Crippen molar-refractivity contribution in [2.45, 2.75) is 25.4 Å². The van der Waals surface area contributed by atoms with Crippen LogP contribution in [-0.2, 0) is 0 Å². The Morgan fingerprint density at radius 2 is 2.08 bits per heavy atom. The average molecular weight is 206 g/mol. The lowest BCUT2D eigenvalue weighted by molar-refractivity contribution is 0.120. The molecule has 0 saturated heterocycles. The standard InChI is InChI=1S/C9H22N2OS/c1-4-8(7-13-3)11(2)9(5-10)6-12/h8-9,12H,4-7,10H2,1-3H3. The molecule has 4 heteroatoms. The molecule has 0 rings (SSSR count). The van der Waals surface area contributed by atoms with Gasteiger partial charge in [0.2, 0.25) is 0 Å². The van der Waals surface area contributed by atoms with Crippen molar-refractivity contribution < 1.29 is 5.11 Å². The highest BCUT2D eigenvalue weighted by Crippen LogP contribution is 2.10. The van der Waals surface area contributed by atoms with Gasteiger partial charge in [0, 0.05) is 24.4 Å². The Bertz CT molecular complexity index is 120. The maximum Gasteiger partial charge on any atom is 0.0599 e. The minimum atomic E-state index is 0.108. The number of aliphatic hydroxyl groups excluding tert-OH is 1. The van der Waals surface area contributed by atoms with Crippen molar-refractivity contribution in [2.75, 3.05) is 32.2 Å². The maximum absolute atomic E-state index is 9.08. The fourth-order valence-electron chi connectivity index (χ4n) is 1.38. The molecule has 0 aliphatic heterocycles. The van der Waals surface area contributed by atoms with Crippen LogP contribution in [0.1, 0.15) is 13.3 Å². The van der Waals surface area contributed by atoms with Crippen LogP contribution in [0.3, 0.4) is 0 Å². The van der Waals surface area contributed by atoms with Gasteiger partial charge < -0.3 is 10.8 Å². The highest BCUT2D eigenvalue weighted by atomic mass is 32.2. The van der Waals surface area contributed by atoms with E-state index in [9.17, 15) is 0 Å². The predicted octanol–water partition coefficient (Wildman–Crippen LogP) is 0.379. The lowest BCUT2D eigenvalue weighted by Gasteiger charge is -2.32. The lowest BCUT2D eigenvalue weighted by Crippen LogP contribution is -2.47. The van der Waals surface area contributed by atoms with E-state index in [-0.39, 0.29) is 12.6 Å². The van der Waals surface area contributed by atoms with Crippen LogP contribution in [0.2, 0.25) is 0 Å². The van der Waals surface area contributed by atoms with Crippen molar-refractivity contribution in [1.29, 1.82) is 0 Å². The fraction of sp³-hybridized carbons (Fsp3) is 1.00. The average Bonchev–Trinajstić information content (AvgIpc) is 2.15. The van der Waals surface area contributed by atoms with E-state index in [4.69, 9.17) is 10.8 Å². The summed E-state index contributed by atoms with van der Waals surface area (Å²) in [4.78, 5) is 2.19. The first-order valence-electron chi connectivity index (χ1n) is 4.73. The Morgan fingerprint density at radius 1 is 1.46 bits per heavy atom. The first kappa shape index (κ1) is 13.2. The van der Waals surface area contributed by atoms with Crippen LogP contribution in [0, 0.1) is 0 Å². The number of aliphatic hydroxyl groups is 1. The van der Waals surface area contributed by atoms with E-state index in [1.807, 2.05) is 18.8 Å². The zero-order valence-corrected chi connectivity index (χ0v) is 9.68. The minimum absolute atomic E-state index is 0.108. The fourth-order valence-corrected chi connectivity index (χ4v) is 2.24. The van der Waals surface area contributed by atoms with Crippen molar-refractivity contribution in [3.05, 3.63) is 0 Å². The summed E-state index contributed by atoms with van der Waals surface area (Å²) < 4.78 is 0. The van der Waals surface area contributed by atoms with Gasteiger partial charge in [0.15, 0.2) is 0 Å². The molecule has 0 spiro atoms. The Labute approximate surface area is 85.7 Å². The molecule has 0 bridgehead atoms. The van der Waals surface area contributed by atoms with E-state index in [1.54, 1.807) is 0 Å². The Balaban J connectivity index is 4.07. The first-order chi connectivity index (χ1) is 6.21. The molecule has 0 aliphatic carbocycles. The van der Waals surface area contributed by atoms with Gasteiger partial charge in [-0.25, -0.2) is 0 Å². The molecule has 0 aromatic heterocycles. The zero-order chi connectivity index (χ0) is 10.3. The monoisotopic (exact) mass is 206 g/mol. The molecule has 0 aromatic carbocycles. The first-order valence-corrected chi connectivity index (χ1v) is 6.12. The third-order valence-electron chi connectivity index (χ3n) is 2.47. The summed E-state index contributed by atoms with van der Waals surface area (Å²) in [6.07, 6.45) is 3.21. The molecule has 13 heavy (non-hydrogen) atoms. The van der Waals surface area contributed by atoms with E-state index >= 15 is 0 Å². The lowest BCUT2D eigenvalue weighted by atomic mass is 10.1. The molecule has 2 unspecified atom stereocenters. The Morgan fingerprint density at radius 3 is 2.38 bits per heavy atom. The van der Waals surface area contributed by atoms with Gasteiger partial charge in [-0.05, 0) is 19.7 Å². The number of likely N-dealkylation sites (N-methyl/N-ethyl adjacent to an activating group) is 1. The van der Waals surface area contributed by atoms with Gasteiger partial charge in [0.05, 0.1) is 6.61 Å². The molecular formula is C9H22N2OS. The summed E-state index contributed by atoms with van der Waals surface area (Å²) in [5.41, 5.74) is 5.56. The number of thioether (sulfide) groups is 1. The van der Waals surface area contributed by atoms with Crippen LogP contribution in [0.15, 0.2) is 0 Å². The van der Waals surface area contributed by atoms with E-state index in [2.05, 4.69) is 18.1 Å². The second-order valence-electron chi connectivity index (χ2n) is 3.25. The van der Waals surface area contributed by atoms with Crippen LogP contribution in [0.5, 0.6) is 0 Å². The van der Waals surface area contributed by atoms with Crippen LogP contribution < -0.4 is 5.73 Å². The van der Waals surface area contributed by atoms with Gasteiger partial charge in [-0.15, -0.1) is 0 Å². The summed E-state index contributed by atoms with van der Waals surface area (Å²) in [6, 6.07) is 0.632. The second-order valence-corrected chi connectivity index (χ2v) is 4.17. The van der Waals surface area contributed by atoms with Crippen LogP contribution in [0.4, 0.5) is 0 Å². The van der Waals surface area contributed by atoms with Gasteiger partial charge in [-0.1, -0.05) is 6.92 Å². The number of nitrogens with zero attached hydrogens (tertiary/aromatic N) is 1. The van der Waals surface area contributed by atoms with E-state index in [0.717, 1.165) is 12.2 Å². The highest BCUT2D eigenvalue weighted by Gasteiger charge is 2.19. The summed E-state index contributed by atoms with van der Waals surface area (Å²) in [5.74, 6) is 1.10. The summed E-state index contributed by atoms with van der Waals surface area (Å²) >= 11 is 1.84. The molecular weight excluding hydrogens is 184 g/mol. The van der Waals surface area contributed by atoms with Crippen molar-refractivity contribution in [2.24, 2.45) is 5.73 Å². The third kappa shape index (κ3) is 4.31. The van der Waals surface area contributed by atoms with E-state index in [1.165, 1.54) is 0 Å². The van der Waals surface area contributed by atoms with E-state index in [0.29, 0.717) is 12.6 Å². The summed E-state index contributed by atoms with van der Waals surface area (Å²) in [5, 5.41) is 9.08. The third-order valence-corrected chi connectivity index (χ3v) is 3.18. The number of hydrogen-bond donors (Lipinski definition) is 2. The van der Waals surface area contributed by atoms with Crippen molar-refractivity contribution in [3.63, 3.8) is 0 Å². The van der Waals surface area contributed by atoms with Crippen LogP contribution in [0.25, 0.3) is 0 Å². The van der Waals surface area contributed by atoms with Crippen LogP contribution >= 0.6 is 11.8 Å². The molecule has 0 aromatic rings. The molecule has 2 atom stereocenters. The molecule has 3 N–H and O–H groups in total. The number of rotatable bonds is 7. The molecule has 0 aliphatic rings. The summed E-state index contributed by atoms with van der Waals surface area (Å²) in [6.45, 7) is 2.85. The van der Waals surface area contributed by atoms with Gasteiger partial charge in [-0.2, -0.15) is 11.8 Å². The molecule has 0 radical (unpaired) electrons. The van der Waals surface area contributed by atoms with Crippen molar-refractivity contribution in [1.82, 2.24) is 4.90 Å². The van der Waals surface area contributed by atoms with Crippen molar-refractivity contribution in [3.8, 4) is 0 Å². The van der Waals surface area contributed by atoms with Gasteiger partial charge in [-0.3, -0.25) is 4.90 Å². The molecule has 0 heterocycles. The van der Waals surface area contributed by atoms with Crippen molar-refractivity contribution >= 4 is 11.8 Å². The maximum atomic E-state index is 9.08. The second kappa shape index (κ2) is 7.62. The SMILES string of the molecule is CCC(CSC)N(C)C(CN)CO. The molecule has 0 saturated carbocycles. The quantitative estimate of drug-likeness (QED) is 0.632. The highest BCUT2D eigenvalue weighted by molar-refractivity contribution is 7.98. The molecule has 0 fully saturated rings. The normalized spacial score (nSPS) is 16.2. The Hall–Kier alpha value is 0.230. The molecule has 3 nitrogen and oxygen atoms in total. The number of nitrogens with two attached hydrogens (primary N) is 1. The topological polar surface area (TPSA) is 49.5 Å². The van der Waals surface area contributed by atoms with E-state index < -0.39 is 0 Å². The summed E-state index contributed by atoms with van der Waals surface area (Å²) in [7, 11) is 2.04. The van der Waals surface area contributed by atoms with Gasteiger partial charge in [0.25, 0.3) is 0 Å². The Kier molecular flexibility index (Phi) is 7.75. The van der Waals surface area contributed by atoms with Gasteiger partial charge in [0.1, 0.15) is 0 Å².